The summed E-state index contributed by atoms with van der Waals surface area (Å²) in [5, 5.41) is 3.57. The van der Waals surface area contributed by atoms with E-state index in [2.05, 4.69) is 52.0 Å². The van der Waals surface area contributed by atoms with Crippen molar-refractivity contribution in [2.75, 3.05) is 0 Å². The van der Waals surface area contributed by atoms with Gasteiger partial charge >= 0.3 is 0 Å². The van der Waals surface area contributed by atoms with Gasteiger partial charge in [0.05, 0.1) is 0 Å². The molecule has 1 aromatic rings. The van der Waals surface area contributed by atoms with Crippen LogP contribution in [-0.2, 0) is 0 Å². The van der Waals surface area contributed by atoms with Crippen LogP contribution in [0.15, 0.2) is 24.3 Å². The Morgan fingerprint density at radius 2 is 0.950 bits per heavy atom. The third-order valence-corrected chi connectivity index (χ3v) is 12.2. The van der Waals surface area contributed by atoms with Crippen molar-refractivity contribution in [3.8, 4) is 0 Å². The summed E-state index contributed by atoms with van der Waals surface area (Å²) >= 11 is 0. The zero-order valence-electron chi connectivity index (χ0n) is 13.3. The van der Waals surface area contributed by atoms with Gasteiger partial charge in [0.15, 0.2) is 0 Å². The van der Waals surface area contributed by atoms with E-state index < -0.39 is 0 Å². The highest BCUT2D eigenvalue weighted by Gasteiger charge is 2.37. The first-order valence-corrected chi connectivity index (χ1v) is 11.2. The molecule has 4 atom stereocenters. The standard InChI is InChI=1S/C18H28P2/c1-13-9-10-14(2)19(13)17-7-5-6-8-18(17)20-15(3)11-12-16(20)4/h5-8,13-16H,9-12H2,1-4H3/t13-,14-,15-,16-/m0/s1. The van der Waals surface area contributed by atoms with Crippen molar-refractivity contribution in [1.29, 1.82) is 0 Å². The summed E-state index contributed by atoms with van der Waals surface area (Å²) in [5.74, 6) is 0. The zero-order valence-corrected chi connectivity index (χ0v) is 15.1. The molecule has 0 N–H and O–H groups in total. The summed E-state index contributed by atoms with van der Waals surface area (Å²) < 4.78 is 0. The van der Waals surface area contributed by atoms with E-state index in [1.54, 1.807) is 10.6 Å². The van der Waals surface area contributed by atoms with E-state index in [0.717, 1.165) is 22.6 Å². The smallest absolute Gasteiger partial charge is 0.0158 e. The van der Waals surface area contributed by atoms with Gasteiger partial charge in [-0.1, -0.05) is 67.8 Å². The Morgan fingerprint density at radius 3 is 1.25 bits per heavy atom. The van der Waals surface area contributed by atoms with Gasteiger partial charge in [0.1, 0.15) is 0 Å². The third kappa shape index (κ3) is 2.60. The Balaban J connectivity index is 2.00. The van der Waals surface area contributed by atoms with Crippen molar-refractivity contribution in [2.24, 2.45) is 0 Å². The maximum Gasteiger partial charge on any atom is -0.0158 e. The topological polar surface area (TPSA) is 0 Å². The quantitative estimate of drug-likeness (QED) is 0.671. The lowest BCUT2D eigenvalue weighted by Gasteiger charge is -2.30. The van der Waals surface area contributed by atoms with Crippen molar-refractivity contribution < 1.29 is 0 Å². The predicted octanol–water partition coefficient (Wildman–Crippen LogP) is 5.04. The molecule has 0 unspecified atom stereocenters. The SMILES string of the molecule is C[C@H]1CC[C@H](C)P1c1ccccc1P1[C@@H](C)CC[C@@H]1C. The van der Waals surface area contributed by atoms with Gasteiger partial charge in [-0.3, -0.25) is 0 Å². The maximum atomic E-state index is 2.50. The Labute approximate surface area is 127 Å². The van der Waals surface area contributed by atoms with Crippen molar-refractivity contribution in [2.45, 2.75) is 76.0 Å². The maximum absolute atomic E-state index is 2.50. The first kappa shape index (κ1) is 15.0. The summed E-state index contributed by atoms with van der Waals surface area (Å²) in [6, 6.07) is 9.55. The van der Waals surface area contributed by atoms with Crippen molar-refractivity contribution in [3.63, 3.8) is 0 Å². The predicted molar refractivity (Wildman–Crippen MR) is 95.9 cm³/mol. The van der Waals surface area contributed by atoms with Crippen molar-refractivity contribution in [3.05, 3.63) is 24.3 Å². The first-order valence-electron chi connectivity index (χ1n) is 8.25. The fourth-order valence-electron chi connectivity index (χ4n) is 4.24. The average molecular weight is 306 g/mol. The van der Waals surface area contributed by atoms with E-state index in [1.807, 2.05) is 0 Å². The monoisotopic (exact) mass is 306 g/mol. The highest BCUT2D eigenvalue weighted by molar-refractivity contribution is 7.73. The summed E-state index contributed by atoms with van der Waals surface area (Å²) in [6.45, 7) is 10.0. The molecule has 2 aliphatic rings. The molecule has 0 saturated carbocycles. The zero-order chi connectivity index (χ0) is 14.3. The molecule has 0 amide bonds. The summed E-state index contributed by atoms with van der Waals surface area (Å²) in [5.41, 5.74) is 3.74. The molecule has 2 heteroatoms. The van der Waals surface area contributed by atoms with Gasteiger partial charge in [0.2, 0.25) is 0 Å². The number of benzene rings is 1. The van der Waals surface area contributed by atoms with E-state index in [4.69, 9.17) is 0 Å². The highest BCUT2D eigenvalue weighted by atomic mass is 31.1. The van der Waals surface area contributed by atoms with E-state index in [0.29, 0.717) is 0 Å². The Kier molecular flexibility index (Phi) is 4.54. The summed E-state index contributed by atoms with van der Waals surface area (Å²) in [6.07, 6.45) is 5.79. The van der Waals surface area contributed by atoms with Gasteiger partial charge in [0.25, 0.3) is 0 Å². The molecule has 0 spiro atoms. The molecule has 2 fully saturated rings. The van der Waals surface area contributed by atoms with E-state index in [-0.39, 0.29) is 15.8 Å². The molecule has 3 rings (SSSR count). The van der Waals surface area contributed by atoms with Gasteiger partial charge in [-0.25, -0.2) is 0 Å². The minimum atomic E-state index is 0.0785. The first-order chi connectivity index (χ1) is 9.59. The molecular weight excluding hydrogens is 278 g/mol. The van der Waals surface area contributed by atoms with E-state index in [9.17, 15) is 0 Å². The van der Waals surface area contributed by atoms with Crippen LogP contribution in [0.3, 0.4) is 0 Å². The molecule has 0 aromatic heterocycles. The van der Waals surface area contributed by atoms with Crippen molar-refractivity contribution >= 4 is 26.5 Å². The molecular formula is C18H28P2. The molecule has 0 bridgehead atoms. The molecule has 2 aliphatic heterocycles. The molecule has 0 aliphatic carbocycles. The lowest BCUT2D eigenvalue weighted by atomic mass is 10.2. The van der Waals surface area contributed by atoms with Crippen molar-refractivity contribution in [1.82, 2.24) is 0 Å². The molecule has 0 nitrogen and oxygen atoms in total. The fraction of sp³-hybridized carbons (Fsp3) is 0.667. The van der Waals surface area contributed by atoms with Crippen LogP contribution >= 0.6 is 15.8 Å². The van der Waals surface area contributed by atoms with Crippen LogP contribution in [-0.4, -0.2) is 22.6 Å². The van der Waals surface area contributed by atoms with Crippen LogP contribution < -0.4 is 10.6 Å². The molecule has 2 saturated heterocycles. The van der Waals surface area contributed by atoms with Crippen LogP contribution in [0.1, 0.15) is 53.4 Å². The molecule has 2 heterocycles. The van der Waals surface area contributed by atoms with Crippen LogP contribution in [0.2, 0.25) is 0 Å². The molecule has 1 aromatic carbocycles. The second-order valence-corrected chi connectivity index (χ2v) is 13.0. The Hall–Kier alpha value is 0.0800. The molecule has 110 valence electrons. The Morgan fingerprint density at radius 1 is 0.650 bits per heavy atom. The lowest BCUT2D eigenvalue weighted by molar-refractivity contribution is 0.777. The number of rotatable bonds is 2. The van der Waals surface area contributed by atoms with Gasteiger partial charge in [0, 0.05) is 0 Å². The summed E-state index contributed by atoms with van der Waals surface area (Å²) in [7, 11) is 0.157. The summed E-state index contributed by atoms with van der Waals surface area (Å²) in [4.78, 5) is 0. The third-order valence-electron chi connectivity index (χ3n) is 5.34. The highest BCUT2D eigenvalue weighted by Crippen LogP contribution is 2.58. The second-order valence-electron chi connectivity index (χ2n) is 6.85. The second kappa shape index (κ2) is 6.06. The minimum absolute atomic E-state index is 0.0785. The largest absolute Gasteiger partial charge is 0.0688 e. The lowest BCUT2D eigenvalue weighted by Crippen LogP contribution is -2.28. The average Bonchev–Trinajstić information content (AvgIpc) is 2.93. The fourth-order valence-corrected chi connectivity index (χ4v) is 11.5. The van der Waals surface area contributed by atoms with Crippen LogP contribution in [0.5, 0.6) is 0 Å². The minimum Gasteiger partial charge on any atom is -0.0688 e. The van der Waals surface area contributed by atoms with Crippen LogP contribution in [0.25, 0.3) is 0 Å². The normalized spacial score (nSPS) is 35.8. The van der Waals surface area contributed by atoms with Gasteiger partial charge in [-0.15, -0.1) is 0 Å². The molecule has 0 radical (unpaired) electrons. The van der Waals surface area contributed by atoms with Gasteiger partial charge in [-0.2, -0.15) is 0 Å². The van der Waals surface area contributed by atoms with Crippen LogP contribution in [0, 0.1) is 0 Å². The van der Waals surface area contributed by atoms with Gasteiger partial charge < -0.3 is 0 Å². The van der Waals surface area contributed by atoms with Crippen LogP contribution in [0.4, 0.5) is 0 Å². The molecule has 20 heavy (non-hydrogen) atoms. The van der Waals surface area contributed by atoms with E-state index >= 15 is 0 Å². The number of hydrogen-bond acceptors (Lipinski definition) is 0. The van der Waals surface area contributed by atoms with E-state index in [1.165, 1.54) is 25.7 Å². The Bertz CT molecular complexity index is 407. The number of hydrogen-bond donors (Lipinski definition) is 0. The van der Waals surface area contributed by atoms with Gasteiger partial charge in [-0.05, 0) is 58.9 Å².